The number of aliphatic hydroxyl groups is 1. The minimum Gasteiger partial charge on any atom is -0.388 e. The number of rotatable bonds is 8. The zero-order valence-corrected chi connectivity index (χ0v) is 17.2. The molecule has 0 bridgehead atoms. The maximum atomic E-state index is 14.3. The summed E-state index contributed by atoms with van der Waals surface area (Å²) in [5, 5.41) is 9.85. The summed E-state index contributed by atoms with van der Waals surface area (Å²) in [6, 6.07) is 4.23. The fraction of sp³-hybridized carbons (Fsp3) is 0.450. The lowest BCUT2D eigenvalue weighted by molar-refractivity contribution is 0.265. The predicted molar refractivity (Wildman–Crippen MR) is 110 cm³/mol. The van der Waals surface area contributed by atoms with Gasteiger partial charge in [0.15, 0.2) is 11.2 Å². The maximum absolute atomic E-state index is 14.3. The third kappa shape index (κ3) is 3.86. The van der Waals surface area contributed by atoms with Gasteiger partial charge in [-0.3, -0.25) is 13.9 Å². The topological polar surface area (TPSA) is 82.1 Å². The van der Waals surface area contributed by atoms with E-state index in [1.807, 2.05) is 13.8 Å². The highest BCUT2D eigenvalue weighted by molar-refractivity contribution is 6.31. The molecule has 3 aromatic rings. The van der Waals surface area contributed by atoms with Crippen LogP contribution in [-0.2, 0) is 26.2 Å². The number of imidazole rings is 1. The van der Waals surface area contributed by atoms with Crippen LogP contribution in [0.1, 0.15) is 44.5 Å². The van der Waals surface area contributed by atoms with E-state index in [1.54, 1.807) is 4.57 Å². The van der Waals surface area contributed by atoms with Crippen molar-refractivity contribution in [1.82, 2.24) is 18.7 Å². The number of hydrogen-bond acceptors (Lipinski definition) is 4. The molecule has 0 aliphatic carbocycles. The van der Waals surface area contributed by atoms with E-state index in [0.717, 1.165) is 11.0 Å². The van der Waals surface area contributed by atoms with Crippen molar-refractivity contribution in [2.24, 2.45) is 0 Å². The van der Waals surface area contributed by atoms with Crippen LogP contribution in [0, 0.1) is 5.82 Å². The molecule has 0 atom stereocenters. The molecule has 0 saturated carbocycles. The summed E-state index contributed by atoms with van der Waals surface area (Å²) < 4.78 is 18.4. The van der Waals surface area contributed by atoms with Crippen LogP contribution in [0.2, 0.25) is 5.02 Å². The van der Waals surface area contributed by atoms with Crippen LogP contribution in [0.4, 0.5) is 4.39 Å². The standard InChI is InChI=1S/C20H24ClFN4O3/c1-3-5-10-25-18-17(24(9-4-2)16(12-27)23-18)19(28)26(20(25)29)11-13-14(21)7-6-8-15(13)22/h6-8,27H,3-5,9-12H2,1-2H3. The lowest BCUT2D eigenvalue weighted by Crippen LogP contribution is -2.41. The molecule has 0 aliphatic heterocycles. The predicted octanol–water partition coefficient (Wildman–Crippen LogP) is 2.90. The third-order valence-electron chi connectivity index (χ3n) is 4.90. The molecule has 7 nitrogen and oxygen atoms in total. The molecular formula is C20H24ClFN4O3. The highest BCUT2D eigenvalue weighted by Gasteiger charge is 2.22. The van der Waals surface area contributed by atoms with E-state index >= 15 is 0 Å². The van der Waals surface area contributed by atoms with Crippen molar-refractivity contribution < 1.29 is 9.50 Å². The number of aliphatic hydroxyl groups excluding tert-OH is 1. The van der Waals surface area contributed by atoms with E-state index in [2.05, 4.69) is 4.98 Å². The van der Waals surface area contributed by atoms with Gasteiger partial charge in [0.25, 0.3) is 5.56 Å². The number of benzene rings is 1. The van der Waals surface area contributed by atoms with Gasteiger partial charge in [0.2, 0.25) is 0 Å². The van der Waals surface area contributed by atoms with Crippen molar-refractivity contribution in [3.8, 4) is 0 Å². The average Bonchev–Trinajstić information content (AvgIpc) is 3.06. The molecular weight excluding hydrogens is 399 g/mol. The first-order valence-electron chi connectivity index (χ1n) is 9.71. The molecule has 29 heavy (non-hydrogen) atoms. The monoisotopic (exact) mass is 422 g/mol. The van der Waals surface area contributed by atoms with Crippen LogP contribution in [0.25, 0.3) is 11.2 Å². The molecule has 1 N–H and O–H groups in total. The Labute approximate surface area is 172 Å². The molecule has 9 heteroatoms. The van der Waals surface area contributed by atoms with Gasteiger partial charge in [-0.2, -0.15) is 0 Å². The first-order chi connectivity index (χ1) is 13.9. The Morgan fingerprint density at radius 1 is 1.10 bits per heavy atom. The number of hydrogen-bond donors (Lipinski definition) is 1. The minimum absolute atomic E-state index is 0.0821. The fourth-order valence-corrected chi connectivity index (χ4v) is 3.64. The molecule has 0 spiro atoms. The fourth-order valence-electron chi connectivity index (χ4n) is 3.42. The van der Waals surface area contributed by atoms with Gasteiger partial charge in [0.1, 0.15) is 18.2 Å². The highest BCUT2D eigenvalue weighted by Crippen LogP contribution is 2.20. The minimum atomic E-state index is -0.581. The summed E-state index contributed by atoms with van der Waals surface area (Å²) in [4.78, 5) is 30.8. The lowest BCUT2D eigenvalue weighted by Gasteiger charge is -2.13. The Hall–Kier alpha value is -2.45. The zero-order valence-electron chi connectivity index (χ0n) is 16.5. The smallest absolute Gasteiger partial charge is 0.333 e. The van der Waals surface area contributed by atoms with E-state index in [1.165, 1.54) is 22.8 Å². The Balaban J connectivity index is 2.33. The van der Waals surface area contributed by atoms with Gasteiger partial charge in [0, 0.05) is 23.7 Å². The molecule has 0 saturated heterocycles. The summed E-state index contributed by atoms with van der Waals surface area (Å²) in [7, 11) is 0. The molecule has 3 rings (SSSR count). The summed E-state index contributed by atoms with van der Waals surface area (Å²) in [5.74, 6) is -0.257. The lowest BCUT2D eigenvalue weighted by atomic mass is 10.2. The Kier molecular flexibility index (Phi) is 6.54. The van der Waals surface area contributed by atoms with Crippen LogP contribution in [0.15, 0.2) is 27.8 Å². The Bertz CT molecular complexity index is 1130. The van der Waals surface area contributed by atoms with Crippen LogP contribution >= 0.6 is 11.6 Å². The molecule has 0 fully saturated rings. The van der Waals surface area contributed by atoms with Crippen LogP contribution in [0.3, 0.4) is 0 Å². The molecule has 0 radical (unpaired) electrons. The average molecular weight is 423 g/mol. The van der Waals surface area contributed by atoms with Gasteiger partial charge >= 0.3 is 5.69 Å². The van der Waals surface area contributed by atoms with E-state index in [9.17, 15) is 19.1 Å². The summed E-state index contributed by atoms with van der Waals surface area (Å²) in [6.45, 7) is 4.13. The van der Waals surface area contributed by atoms with E-state index in [4.69, 9.17) is 11.6 Å². The van der Waals surface area contributed by atoms with E-state index in [0.29, 0.717) is 31.8 Å². The largest absolute Gasteiger partial charge is 0.388 e. The number of aryl methyl sites for hydroxylation is 2. The maximum Gasteiger partial charge on any atom is 0.333 e. The van der Waals surface area contributed by atoms with Crippen molar-refractivity contribution in [1.29, 1.82) is 0 Å². The Morgan fingerprint density at radius 3 is 2.48 bits per heavy atom. The second-order valence-electron chi connectivity index (χ2n) is 6.89. The summed E-state index contributed by atoms with van der Waals surface area (Å²) in [6.07, 6.45) is 2.27. The quantitative estimate of drug-likeness (QED) is 0.605. The van der Waals surface area contributed by atoms with Crippen LogP contribution in [-0.4, -0.2) is 23.8 Å². The van der Waals surface area contributed by atoms with Gasteiger partial charge in [-0.05, 0) is 25.0 Å². The van der Waals surface area contributed by atoms with Crippen molar-refractivity contribution in [3.05, 3.63) is 61.3 Å². The molecule has 2 heterocycles. The SMILES string of the molecule is CCCCn1c(=O)n(Cc2c(F)cccc2Cl)c(=O)c2c1nc(CO)n2CCC. The summed E-state index contributed by atoms with van der Waals surface area (Å²) >= 11 is 6.12. The van der Waals surface area contributed by atoms with Crippen molar-refractivity contribution in [3.63, 3.8) is 0 Å². The molecule has 1 aromatic carbocycles. The van der Waals surface area contributed by atoms with Crippen molar-refractivity contribution in [2.75, 3.05) is 0 Å². The van der Waals surface area contributed by atoms with Crippen LogP contribution in [0.5, 0.6) is 0 Å². The normalized spacial score (nSPS) is 11.5. The molecule has 0 amide bonds. The first kappa shape index (κ1) is 21.3. The molecule has 2 aromatic heterocycles. The van der Waals surface area contributed by atoms with E-state index < -0.39 is 17.1 Å². The number of fused-ring (bicyclic) bond motifs is 1. The van der Waals surface area contributed by atoms with Gasteiger partial charge < -0.3 is 9.67 Å². The van der Waals surface area contributed by atoms with Gasteiger partial charge in [-0.25, -0.2) is 14.2 Å². The van der Waals surface area contributed by atoms with Gasteiger partial charge in [-0.1, -0.05) is 37.9 Å². The molecule has 0 unspecified atom stereocenters. The molecule has 0 aliphatic rings. The van der Waals surface area contributed by atoms with Crippen molar-refractivity contribution >= 4 is 22.8 Å². The second kappa shape index (κ2) is 8.92. The number of unbranched alkanes of at least 4 members (excludes halogenated alkanes) is 1. The number of halogens is 2. The van der Waals surface area contributed by atoms with Crippen molar-refractivity contribution in [2.45, 2.75) is 59.4 Å². The summed E-state index contributed by atoms with van der Waals surface area (Å²) in [5.41, 5.74) is -0.571. The van der Waals surface area contributed by atoms with E-state index in [-0.39, 0.29) is 34.9 Å². The third-order valence-corrected chi connectivity index (χ3v) is 5.25. The van der Waals surface area contributed by atoms with Gasteiger partial charge in [-0.15, -0.1) is 0 Å². The molecule has 156 valence electrons. The Morgan fingerprint density at radius 2 is 1.86 bits per heavy atom. The van der Waals surface area contributed by atoms with Crippen LogP contribution < -0.4 is 11.2 Å². The highest BCUT2D eigenvalue weighted by atomic mass is 35.5. The number of nitrogens with zero attached hydrogens (tertiary/aromatic N) is 4. The zero-order chi connectivity index (χ0) is 21.1. The number of aromatic nitrogens is 4. The first-order valence-corrected chi connectivity index (χ1v) is 10.1. The van der Waals surface area contributed by atoms with Gasteiger partial charge in [0.05, 0.1) is 6.54 Å². The second-order valence-corrected chi connectivity index (χ2v) is 7.30.